The number of carbonyl (C=O) groups is 1. The molecule has 0 bridgehead atoms. The zero-order valence-corrected chi connectivity index (χ0v) is 10.7. The van der Waals surface area contributed by atoms with Crippen molar-refractivity contribution in [1.29, 1.82) is 0 Å². The van der Waals surface area contributed by atoms with E-state index in [1.54, 1.807) is 16.7 Å². The number of carboxylic acid groups (broad SMARTS) is 1. The monoisotopic (exact) mass is 291 g/mol. The number of alkyl halides is 3. The van der Waals surface area contributed by atoms with E-state index in [4.69, 9.17) is 5.11 Å². The minimum Gasteiger partial charge on any atom is -0.478 e. The zero-order valence-electron chi connectivity index (χ0n) is 9.91. The van der Waals surface area contributed by atoms with Crippen molar-refractivity contribution in [2.75, 3.05) is 29.5 Å². The molecule has 104 valence electrons. The van der Waals surface area contributed by atoms with E-state index in [1.165, 1.54) is 6.07 Å². The van der Waals surface area contributed by atoms with Crippen molar-refractivity contribution in [1.82, 2.24) is 0 Å². The van der Waals surface area contributed by atoms with E-state index < -0.39 is 17.7 Å². The maximum absolute atomic E-state index is 12.8. The van der Waals surface area contributed by atoms with Crippen LogP contribution >= 0.6 is 11.8 Å². The van der Waals surface area contributed by atoms with Crippen molar-refractivity contribution in [3.63, 3.8) is 0 Å². The highest BCUT2D eigenvalue weighted by Gasteiger charge is 2.32. The fourth-order valence-corrected chi connectivity index (χ4v) is 2.81. The number of anilines is 1. The number of thioether (sulfide) groups is 1. The molecule has 3 nitrogen and oxygen atoms in total. The molecule has 0 spiro atoms. The molecule has 1 saturated heterocycles. The molecule has 1 heterocycles. The first kappa shape index (κ1) is 14.0. The summed E-state index contributed by atoms with van der Waals surface area (Å²) in [5, 5.41) is 8.91. The molecule has 0 unspecified atom stereocenters. The van der Waals surface area contributed by atoms with Crippen molar-refractivity contribution in [2.45, 2.75) is 6.18 Å². The molecule has 0 aromatic heterocycles. The second-order valence-corrected chi connectivity index (χ2v) is 5.40. The zero-order chi connectivity index (χ0) is 14.0. The third-order valence-corrected chi connectivity index (χ3v) is 3.81. The highest BCUT2D eigenvalue weighted by Crippen LogP contribution is 2.33. The summed E-state index contributed by atoms with van der Waals surface area (Å²) >= 11 is 1.73. The normalized spacial score (nSPS) is 16.5. The van der Waals surface area contributed by atoms with Gasteiger partial charge in [0.25, 0.3) is 0 Å². The van der Waals surface area contributed by atoms with Crippen LogP contribution in [0, 0.1) is 0 Å². The van der Waals surface area contributed by atoms with E-state index in [0.717, 1.165) is 17.6 Å². The van der Waals surface area contributed by atoms with Gasteiger partial charge in [-0.05, 0) is 18.2 Å². The van der Waals surface area contributed by atoms with Crippen LogP contribution in [0.3, 0.4) is 0 Å². The maximum Gasteiger partial charge on any atom is 0.416 e. The van der Waals surface area contributed by atoms with Gasteiger partial charge in [-0.25, -0.2) is 4.79 Å². The number of halogens is 3. The molecule has 1 aliphatic rings. The van der Waals surface area contributed by atoms with Gasteiger partial charge in [0.05, 0.1) is 11.1 Å². The summed E-state index contributed by atoms with van der Waals surface area (Å²) < 4.78 is 38.3. The smallest absolute Gasteiger partial charge is 0.416 e. The van der Waals surface area contributed by atoms with Gasteiger partial charge in [0, 0.05) is 30.3 Å². The summed E-state index contributed by atoms with van der Waals surface area (Å²) in [5.41, 5.74) is -0.920. The van der Waals surface area contributed by atoms with Gasteiger partial charge in [0.1, 0.15) is 0 Å². The van der Waals surface area contributed by atoms with Crippen LogP contribution in [0.1, 0.15) is 15.9 Å². The fraction of sp³-hybridized carbons (Fsp3) is 0.417. The molecule has 0 saturated carbocycles. The molecule has 2 rings (SSSR count). The van der Waals surface area contributed by atoms with Gasteiger partial charge < -0.3 is 10.0 Å². The van der Waals surface area contributed by atoms with Gasteiger partial charge in [-0.2, -0.15) is 24.9 Å². The number of benzene rings is 1. The Morgan fingerprint density at radius 2 is 1.84 bits per heavy atom. The van der Waals surface area contributed by atoms with Crippen LogP contribution in [0.2, 0.25) is 0 Å². The highest BCUT2D eigenvalue weighted by molar-refractivity contribution is 7.99. The lowest BCUT2D eigenvalue weighted by Crippen LogP contribution is -2.32. The number of hydrogen-bond acceptors (Lipinski definition) is 3. The molecular weight excluding hydrogens is 279 g/mol. The summed E-state index contributed by atoms with van der Waals surface area (Å²) in [5.74, 6) is 0.316. The summed E-state index contributed by atoms with van der Waals surface area (Å²) in [6, 6.07) is 2.99. The molecule has 0 aliphatic carbocycles. The maximum atomic E-state index is 12.8. The predicted octanol–water partition coefficient (Wildman–Crippen LogP) is 2.96. The van der Waals surface area contributed by atoms with E-state index in [1.807, 2.05) is 0 Å². The second kappa shape index (κ2) is 5.32. The minimum absolute atomic E-state index is 0.326. The van der Waals surface area contributed by atoms with Crippen LogP contribution in [-0.4, -0.2) is 35.7 Å². The van der Waals surface area contributed by atoms with E-state index in [0.29, 0.717) is 24.8 Å². The summed E-state index contributed by atoms with van der Waals surface area (Å²) in [7, 11) is 0. The first-order valence-corrected chi connectivity index (χ1v) is 6.81. The minimum atomic E-state index is -4.54. The van der Waals surface area contributed by atoms with E-state index in [2.05, 4.69) is 0 Å². The van der Waals surface area contributed by atoms with Crippen molar-refractivity contribution < 1.29 is 23.1 Å². The standard InChI is InChI=1S/C12H12F3NO2S/c13-12(14,15)9-5-8(11(17)18)6-10(7-9)16-1-3-19-4-2-16/h5-7H,1-4H2,(H,17,18). The molecule has 0 radical (unpaired) electrons. The number of nitrogens with zero attached hydrogens (tertiary/aromatic N) is 1. The first-order valence-electron chi connectivity index (χ1n) is 5.66. The third-order valence-electron chi connectivity index (χ3n) is 2.87. The molecule has 19 heavy (non-hydrogen) atoms. The molecule has 1 N–H and O–H groups in total. The van der Waals surface area contributed by atoms with Crippen LogP contribution in [-0.2, 0) is 6.18 Å². The van der Waals surface area contributed by atoms with Crippen molar-refractivity contribution in [2.24, 2.45) is 0 Å². The van der Waals surface area contributed by atoms with Gasteiger partial charge in [-0.1, -0.05) is 0 Å². The Kier molecular flexibility index (Phi) is 3.93. The number of aromatic carboxylic acids is 1. The van der Waals surface area contributed by atoms with Crippen LogP contribution in [0.15, 0.2) is 18.2 Å². The molecule has 1 aliphatic heterocycles. The largest absolute Gasteiger partial charge is 0.478 e. The Hall–Kier alpha value is -1.37. The summed E-state index contributed by atoms with van der Waals surface area (Å²) in [6.07, 6.45) is -4.54. The van der Waals surface area contributed by atoms with Gasteiger partial charge in [-0.3, -0.25) is 0 Å². The third kappa shape index (κ3) is 3.34. The fourth-order valence-electron chi connectivity index (χ4n) is 1.90. The topological polar surface area (TPSA) is 40.5 Å². The molecule has 0 amide bonds. The quantitative estimate of drug-likeness (QED) is 0.909. The van der Waals surface area contributed by atoms with E-state index in [9.17, 15) is 18.0 Å². The molecule has 1 aromatic rings. The van der Waals surface area contributed by atoms with Crippen LogP contribution in [0.5, 0.6) is 0 Å². The lowest BCUT2D eigenvalue weighted by atomic mass is 10.1. The first-order chi connectivity index (χ1) is 8.88. The molecule has 7 heteroatoms. The lowest BCUT2D eigenvalue weighted by Gasteiger charge is -2.29. The lowest BCUT2D eigenvalue weighted by molar-refractivity contribution is -0.137. The predicted molar refractivity (Wildman–Crippen MR) is 67.9 cm³/mol. The van der Waals surface area contributed by atoms with Gasteiger partial charge in [0.2, 0.25) is 0 Å². The molecule has 0 atom stereocenters. The Balaban J connectivity index is 2.41. The SMILES string of the molecule is O=C(O)c1cc(N2CCSCC2)cc(C(F)(F)F)c1. The molecule has 1 fully saturated rings. The molecular formula is C12H12F3NO2S. The van der Waals surface area contributed by atoms with E-state index >= 15 is 0 Å². The Morgan fingerprint density at radius 3 is 2.37 bits per heavy atom. The average molecular weight is 291 g/mol. The van der Waals surface area contributed by atoms with Crippen molar-refractivity contribution in [3.8, 4) is 0 Å². The van der Waals surface area contributed by atoms with E-state index in [-0.39, 0.29) is 5.56 Å². The van der Waals surface area contributed by atoms with Gasteiger partial charge >= 0.3 is 12.1 Å². The Morgan fingerprint density at radius 1 is 1.21 bits per heavy atom. The summed E-state index contributed by atoms with van der Waals surface area (Å²) in [6.45, 7) is 1.26. The summed E-state index contributed by atoms with van der Waals surface area (Å²) in [4.78, 5) is 12.7. The van der Waals surface area contributed by atoms with Gasteiger partial charge in [0.15, 0.2) is 0 Å². The Bertz CT molecular complexity index is 484. The van der Waals surface area contributed by atoms with Gasteiger partial charge in [-0.15, -0.1) is 0 Å². The van der Waals surface area contributed by atoms with Crippen LogP contribution in [0.25, 0.3) is 0 Å². The number of hydrogen-bond donors (Lipinski definition) is 1. The van der Waals surface area contributed by atoms with Crippen LogP contribution < -0.4 is 4.90 Å². The Labute approximate surface area is 112 Å². The highest BCUT2D eigenvalue weighted by atomic mass is 32.2. The average Bonchev–Trinajstić information content (AvgIpc) is 2.38. The second-order valence-electron chi connectivity index (χ2n) is 4.17. The van der Waals surface area contributed by atoms with Crippen LogP contribution in [0.4, 0.5) is 18.9 Å². The molecule has 1 aromatic carbocycles. The van der Waals surface area contributed by atoms with Crippen molar-refractivity contribution >= 4 is 23.4 Å². The number of carboxylic acids is 1. The van der Waals surface area contributed by atoms with Crippen molar-refractivity contribution in [3.05, 3.63) is 29.3 Å². The number of rotatable bonds is 2.